The molecule has 3 heteroatoms. The highest BCUT2D eigenvalue weighted by molar-refractivity contribution is 5.94. The number of carbonyl (C=O) groups is 1. The Morgan fingerprint density at radius 1 is 1.08 bits per heavy atom. The number of ether oxygens (including phenoxy) is 2. The molecule has 3 rings (SSSR count). The predicted octanol–water partition coefficient (Wildman–Crippen LogP) is 5.38. The first-order chi connectivity index (χ1) is 12.4. The van der Waals surface area contributed by atoms with E-state index in [2.05, 4.69) is 57.2 Å². The van der Waals surface area contributed by atoms with E-state index in [0.29, 0.717) is 25.2 Å². The second-order valence-electron chi connectivity index (χ2n) is 7.57. The molecule has 0 N–H and O–H groups in total. The Kier molecular flexibility index (Phi) is 5.17. The van der Waals surface area contributed by atoms with E-state index < -0.39 is 0 Å². The van der Waals surface area contributed by atoms with Crippen LogP contribution in [0.5, 0.6) is 5.75 Å². The van der Waals surface area contributed by atoms with Crippen molar-refractivity contribution in [2.45, 2.75) is 39.5 Å². The molecule has 0 saturated heterocycles. The van der Waals surface area contributed by atoms with Gasteiger partial charge in [0.2, 0.25) is 0 Å². The molecule has 26 heavy (non-hydrogen) atoms. The summed E-state index contributed by atoms with van der Waals surface area (Å²) in [5, 5.41) is 0. The third-order valence-corrected chi connectivity index (χ3v) is 4.59. The van der Waals surface area contributed by atoms with Crippen molar-refractivity contribution >= 4 is 12.0 Å². The van der Waals surface area contributed by atoms with Gasteiger partial charge in [0, 0.05) is 17.6 Å². The standard InChI is InChI=1S/C23H26O3/c1-5-25-22(24)18-12-13-26-21-11-8-17(14-19(21)15-18)16-6-9-20(10-7-16)23(2,3)4/h6-11,14-15H,5,12-13H2,1-4H3. The van der Waals surface area contributed by atoms with Gasteiger partial charge in [-0.2, -0.15) is 0 Å². The average Bonchev–Trinajstić information content (AvgIpc) is 2.83. The molecule has 1 aliphatic heterocycles. The number of hydrogen-bond donors (Lipinski definition) is 0. The predicted molar refractivity (Wildman–Crippen MR) is 105 cm³/mol. The largest absolute Gasteiger partial charge is 0.493 e. The Labute approximate surface area is 155 Å². The molecular formula is C23H26O3. The highest BCUT2D eigenvalue weighted by Crippen LogP contribution is 2.32. The molecule has 2 aromatic carbocycles. The van der Waals surface area contributed by atoms with Crippen molar-refractivity contribution in [1.29, 1.82) is 0 Å². The summed E-state index contributed by atoms with van der Waals surface area (Å²) in [4.78, 5) is 12.1. The zero-order valence-electron chi connectivity index (χ0n) is 16.0. The maximum absolute atomic E-state index is 12.1. The fourth-order valence-electron chi connectivity index (χ4n) is 3.05. The van der Waals surface area contributed by atoms with Gasteiger partial charge in [-0.1, -0.05) is 51.1 Å². The van der Waals surface area contributed by atoms with Crippen molar-refractivity contribution in [3.05, 3.63) is 59.2 Å². The summed E-state index contributed by atoms with van der Waals surface area (Å²) in [7, 11) is 0. The van der Waals surface area contributed by atoms with Gasteiger partial charge in [0.1, 0.15) is 5.75 Å². The molecule has 2 aromatic rings. The molecule has 0 atom stereocenters. The maximum atomic E-state index is 12.1. The first kappa shape index (κ1) is 18.2. The Hall–Kier alpha value is -2.55. The van der Waals surface area contributed by atoms with Crippen LogP contribution in [0.25, 0.3) is 17.2 Å². The van der Waals surface area contributed by atoms with Crippen LogP contribution in [-0.4, -0.2) is 19.2 Å². The van der Waals surface area contributed by atoms with E-state index in [4.69, 9.17) is 9.47 Å². The summed E-state index contributed by atoms with van der Waals surface area (Å²) < 4.78 is 11.0. The molecule has 3 nitrogen and oxygen atoms in total. The van der Waals surface area contributed by atoms with Gasteiger partial charge in [-0.25, -0.2) is 4.79 Å². The van der Waals surface area contributed by atoms with Gasteiger partial charge < -0.3 is 9.47 Å². The van der Waals surface area contributed by atoms with E-state index >= 15 is 0 Å². The fourth-order valence-corrected chi connectivity index (χ4v) is 3.05. The topological polar surface area (TPSA) is 35.5 Å². The molecule has 0 bridgehead atoms. The van der Waals surface area contributed by atoms with E-state index in [1.807, 2.05) is 19.1 Å². The number of fused-ring (bicyclic) bond motifs is 1. The molecule has 136 valence electrons. The van der Waals surface area contributed by atoms with E-state index in [1.165, 1.54) is 5.56 Å². The monoisotopic (exact) mass is 350 g/mol. The first-order valence-electron chi connectivity index (χ1n) is 9.14. The van der Waals surface area contributed by atoms with E-state index in [1.54, 1.807) is 0 Å². The van der Waals surface area contributed by atoms with Gasteiger partial charge in [-0.3, -0.25) is 0 Å². The second kappa shape index (κ2) is 7.36. The molecule has 0 aromatic heterocycles. The van der Waals surface area contributed by atoms with Crippen molar-refractivity contribution in [2.75, 3.05) is 13.2 Å². The zero-order valence-corrected chi connectivity index (χ0v) is 16.0. The van der Waals surface area contributed by atoms with Gasteiger partial charge >= 0.3 is 5.97 Å². The van der Waals surface area contributed by atoms with Crippen LogP contribution in [0.1, 0.15) is 45.2 Å². The lowest BCUT2D eigenvalue weighted by molar-refractivity contribution is -0.138. The fraction of sp³-hybridized carbons (Fsp3) is 0.348. The molecule has 0 unspecified atom stereocenters. The van der Waals surface area contributed by atoms with Crippen LogP contribution in [0.15, 0.2) is 48.0 Å². The summed E-state index contributed by atoms with van der Waals surface area (Å²) in [5.74, 6) is 0.545. The lowest BCUT2D eigenvalue weighted by atomic mass is 9.86. The second-order valence-corrected chi connectivity index (χ2v) is 7.57. The quantitative estimate of drug-likeness (QED) is 0.697. The molecule has 0 spiro atoms. The lowest BCUT2D eigenvalue weighted by Gasteiger charge is -2.19. The van der Waals surface area contributed by atoms with E-state index in [-0.39, 0.29) is 11.4 Å². The van der Waals surface area contributed by atoms with Crippen LogP contribution in [0.2, 0.25) is 0 Å². The van der Waals surface area contributed by atoms with Crippen LogP contribution < -0.4 is 4.74 Å². The Morgan fingerprint density at radius 3 is 2.42 bits per heavy atom. The van der Waals surface area contributed by atoms with Gasteiger partial charge in [-0.05, 0) is 47.2 Å². The van der Waals surface area contributed by atoms with Crippen LogP contribution in [-0.2, 0) is 14.9 Å². The third kappa shape index (κ3) is 3.98. The Bertz CT molecular complexity index is 824. The number of hydrogen-bond acceptors (Lipinski definition) is 3. The Balaban J connectivity index is 1.95. The minimum atomic E-state index is -0.260. The van der Waals surface area contributed by atoms with Crippen molar-refractivity contribution < 1.29 is 14.3 Å². The smallest absolute Gasteiger partial charge is 0.334 e. The number of carbonyl (C=O) groups excluding carboxylic acids is 1. The molecular weight excluding hydrogens is 324 g/mol. The van der Waals surface area contributed by atoms with Gasteiger partial charge in [-0.15, -0.1) is 0 Å². The van der Waals surface area contributed by atoms with Gasteiger partial charge in [0.15, 0.2) is 0 Å². The van der Waals surface area contributed by atoms with Crippen molar-refractivity contribution in [1.82, 2.24) is 0 Å². The van der Waals surface area contributed by atoms with Crippen LogP contribution in [0.3, 0.4) is 0 Å². The summed E-state index contributed by atoms with van der Waals surface area (Å²) in [6.45, 7) is 9.32. The minimum Gasteiger partial charge on any atom is -0.493 e. The first-order valence-corrected chi connectivity index (χ1v) is 9.14. The number of esters is 1. The molecule has 0 fully saturated rings. The number of benzene rings is 2. The number of rotatable bonds is 3. The normalized spacial score (nSPS) is 13.9. The van der Waals surface area contributed by atoms with Crippen molar-refractivity contribution in [3.8, 4) is 16.9 Å². The highest BCUT2D eigenvalue weighted by atomic mass is 16.5. The Morgan fingerprint density at radius 2 is 1.77 bits per heavy atom. The van der Waals surface area contributed by atoms with Crippen molar-refractivity contribution in [3.63, 3.8) is 0 Å². The zero-order chi connectivity index (χ0) is 18.7. The lowest BCUT2D eigenvalue weighted by Crippen LogP contribution is -2.10. The summed E-state index contributed by atoms with van der Waals surface area (Å²) in [5.41, 5.74) is 5.28. The summed E-state index contributed by atoms with van der Waals surface area (Å²) >= 11 is 0. The van der Waals surface area contributed by atoms with Crippen LogP contribution >= 0.6 is 0 Å². The maximum Gasteiger partial charge on any atom is 0.334 e. The van der Waals surface area contributed by atoms with Gasteiger partial charge in [0.25, 0.3) is 0 Å². The molecule has 0 saturated carbocycles. The summed E-state index contributed by atoms with van der Waals surface area (Å²) in [6, 6.07) is 14.8. The van der Waals surface area contributed by atoms with Crippen molar-refractivity contribution in [2.24, 2.45) is 0 Å². The molecule has 0 radical (unpaired) electrons. The highest BCUT2D eigenvalue weighted by Gasteiger charge is 2.17. The van der Waals surface area contributed by atoms with E-state index in [0.717, 1.165) is 22.4 Å². The minimum absolute atomic E-state index is 0.136. The SMILES string of the molecule is CCOC(=O)C1=Cc2cc(-c3ccc(C(C)(C)C)cc3)ccc2OCC1. The molecule has 0 aliphatic carbocycles. The molecule has 1 aliphatic rings. The van der Waals surface area contributed by atoms with Gasteiger partial charge in [0.05, 0.1) is 13.2 Å². The van der Waals surface area contributed by atoms with Crippen LogP contribution in [0, 0.1) is 0 Å². The average molecular weight is 350 g/mol. The van der Waals surface area contributed by atoms with E-state index in [9.17, 15) is 4.79 Å². The third-order valence-electron chi connectivity index (χ3n) is 4.59. The molecule has 1 heterocycles. The molecule has 0 amide bonds. The van der Waals surface area contributed by atoms with Crippen LogP contribution in [0.4, 0.5) is 0 Å². The summed E-state index contributed by atoms with van der Waals surface area (Å²) in [6.07, 6.45) is 2.45.